The van der Waals surface area contributed by atoms with Crippen molar-refractivity contribution in [2.75, 3.05) is 17.7 Å². The van der Waals surface area contributed by atoms with Crippen LogP contribution < -0.4 is 15.4 Å². The van der Waals surface area contributed by atoms with Gasteiger partial charge in [-0.1, -0.05) is 11.3 Å². The first kappa shape index (κ1) is 16.7. The molecule has 3 aromatic rings. The highest BCUT2D eigenvalue weighted by molar-refractivity contribution is 7.22. The van der Waals surface area contributed by atoms with Crippen LogP contribution in [0, 0.1) is 5.82 Å². The summed E-state index contributed by atoms with van der Waals surface area (Å²) in [5.74, 6) is -1.37. The molecule has 3 N–H and O–H groups in total. The summed E-state index contributed by atoms with van der Waals surface area (Å²) in [6.07, 6.45) is 0. The lowest BCUT2D eigenvalue weighted by atomic mass is 10.2. The first-order chi connectivity index (χ1) is 12.0. The second-order valence-electron chi connectivity index (χ2n) is 4.93. The molecule has 3 rings (SSSR count). The summed E-state index contributed by atoms with van der Waals surface area (Å²) in [6, 6.07) is 7.79. The second-order valence-corrected chi connectivity index (χ2v) is 5.96. The van der Waals surface area contributed by atoms with E-state index in [1.54, 1.807) is 0 Å². The predicted octanol–water partition coefficient (Wildman–Crippen LogP) is 3.79. The topological polar surface area (TPSA) is 101 Å². The Morgan fingerprint density at radius 3 is 2.72 bits per heavy atom. The molecule has 1 heterocycles. The molecule has 0 saturated carbocycles. The third-order valence-corrected chi connectivity index (χ3v) is 4.19. The van der Waals surface area contributed by atoms with Crippen LogP contribution >= 0.6 is 11.3 Å². The van der Waals surface area contributed by atoms with Crippen LogP contribution in [0.25, 0.3) is 10.2 Å². The number of hydrogen-bond acceptors (Lipinski definition) is 5. The first-order valence-electron chi connectivity index (χ1n) is 7.01. The molecular weight excluding hydrogens is 349 g/mol. The lowest BCUT2D eigenvalue weighted by Gasteiger charge is -2.09. The number of nitrogens with zero attached hydrogens (tertiary/aromatic N) is 1. The first-order valence-corrected chi connectivity index (χ1v) is 7.83. The van der Waals surface area contributed by atoms with E-state index in [0.29, 0.717) is 15.3 Å². The number of thiazole rings is 1. The summed E-state index contributed by atoms with van der Waals surface area (Å²) in [7, 11) is 1.36. The van der Waals surface area contributed by atoms with Crippen LogP contribution in [-0.4, -0.2) is 29.2 Å². The van der Waals surface area contributed by atoms with Crippen molar-refractivity contribution in [3.8, 4) is 5.75 Å². The van der Waals surface area contributed by atoms with Gasteiger partial charge in [-0.2, -0.15) is 0 Å². The van der Waals surface area contributed by atoms with Gasteiger partial charge in [0.25, 0.3) is 0 Å². The molecular formula is C16H12FN3O4S. The number of hydrogen-bond donors (Lipinski definition) is 3. The largest absolute Gasteiger partial charge is 0.496 e. The molecule has 0 spiro atoms. The van der Waals surface area contributed by atoms with Gasteiger partial charge in [0.2, 0.25) is 0 Å². The molecule has 2 aromatic carbocycles. The molecule has 1 aromatic heterocycles. The number of amides is 2. The molecule has 0 aliphatic carbocycles. The van der Waals surface area contributed by atoms with E-state index in [1.807, 2.05) is 0 Å². The molecule has 0 aliphatic rings. The number of methoxy groups -OCH3 is 1. The van der Waals surface area contributed by atoms with Gasteiger partial charge in [0.15, 0.2) is 5.13 Å². The minimum atomic E-state index is -1.17. The van der Waals surface area contributed by atoms with E-state index in [4.69, 9.17) is 9.84 Å². The molecule has 2 amide bonds. The van der Waals surface area contributed by atoms with Crippen molar-refractivity contribution in [1.82, 2.24) is 4.98 Å². The number of halogens is 1. The van der Waals surface area contributed by atoms with Gasteiger partial charge in [-0.05, 0) is 36.4 Å². The summed E-state index contributed by atoms with van der Waals surface area (Å²) < 4.78 is 18.7. The van der Waals surface area contributed by atoms with Crippen molar-refractivity contribution >= 4 is 44.4 Å². The van der Waals surface area contributed by atoms with E-state index in [2.05, 4.69) is 15.6 Å². The van der Waals surface area contributed by atoms with Crippen LogP contribution in [0.4, 0.5) is 20.0 Å². The van der Waals surface area contributed by atoms with E-state index in [0.717, 1.165) is 11.3 Å². The lowest BCUT2D eigenvalue weighted by Crippen LogP contribution is -2.19. The zero-order chi connectivity index (χ0) is 18.0. The van der Waals surface area contributed by atoms with Crippen molar-refractivity contribution in [2.45, 2.75) is 0 Å². The highest BCUT2D eigenvalue weighted by Crippen LogP contribution is 2.27. The minimum absolute atomic E-state index is 0.0734. The molecule has 0 bridgehead atoms. The Morgan fingerprint density at radius 2 is 2.00 bits per heavy atom. The molecule has 7 nitrogen and oxygen atoms in total. The van der Waals surface area contributed by atoms with Crippen molar-refractivity contribution in [3.05, 3.63) is 47.8 Å². The second kappa shape index (κ2) is 6.73. The number of carbonyl (C=O) groups excluding carboxylic acids is 1. The van der Waals surface area contributed by atoms with Gasteiger partial charge in [0, 0.05) is 5.69 Å². The van der Waals surface area contributed by atoms with Gasteiger partial charge in [0.1, 0.15) is 17.1 Å². The Morgan fingerprint density at radius 1 is 1.20 bits per heavy atom. The van der Waals surface area contributed by atoms with Gasteiger partial charge in [-0.25, -0.2) is 19.0 Å². The average molecular weight is 361 g/mol. The van der Waals surface area contributed by atoms with Gasteiger partial charge in [0.05, 0.1) is 17.3 Å². The summed E-state index contributed by atoms with van der Waals surface area (Å²) in [4.78, 5) is 27.4. The Kier molecular flexibility index (Phi) is 4.48. The number of urea groups is 1. The number of aromatic nitrogens is 1. The van der Waals surface area contributed by atoms with Crippen molar-refractivity contribution in [1.29, 1.82) is 0 Å². The van der Waals surface area contributed by atoms with Crippen molar-refractivity contribution in [3.63, 3.8) is 0 Å². The van der Waals surface area contributed by atoms with Crippen LogP contribution in [0.1, 0.15) is 10.4 Å². The molecule has 0 aliphatic heterocycles. The minimum Gasteiger partial charge on any atom is -0.496 e. The number of carboxylic acid groups (broad SMARTS) is 1. The molecule has 9 heteroatoms. The average Bonchev–Trinajstić information content (AvgIpc) is 2.95. The standard InChI is InChI=1S/C16H12FN3O4S/c1-24-12-5-3-9(7-10(12)14(21)22)18-15(23)20-16-19-11-4-2-8(17)6-13(11)25-16/h2-7H,1H3,(H,21,22)(H2,18,19,20,23). The fraction of sp³-hybridized carbons (Fsp3) is 0.0625. The van der Waals surface area contributed by atoms with E-state index in [9.17, 15) is 14.0 Å². The highest BCUT2D eigenvalue weighted by Gasteiger charge is 2.13. The maximum absolute atomic E-state index is 13.2. The lowest BCUT2D eigenvalue weighted by molar-refractivity contribution is 0.0693. The molecule has 0 unspecified atom stereocenters. The number of fused-ring (bicyclic) bond motifs is 1. The van der Waals surface area contributed by atoms with Crippen LogP contribution in [0.2, 0.25) is 0 Å². The van der Waals surface area contributed by atoms with Crippen LogP contribution in [0.5, 0.6) is 5.75 Å². The normalized spacial score (nSPS) is 10.5. The predicted molar refractivity (Wildman–Crippen MR) is 92.2 cm³/mol. The number of benzene rings is 2. The summed E-state index contributed by atoms with van der Waals surface area (Å²) in [6.45, 7) is 0. The number of carboxylic acids is 1. The molecule has 128 valence electrons. The van der Waals surface area contributed by atoms with E-state index in [1.165, 1.54) is 43.5 Å². The number of ether oxygens (including phenoxy) is 1. The smallest absolute Gasteiger partial charge is 0.339 e. The maximum atomic E-state index is 13.2. The van der Waals surface area contributed by atoms with Gasteiger partial charge in [-0.3, -0.25) is 5.32 Å². The number of carbonyl (C=O) groups is 2. The van der Waals surface area contributed by atoms with Crippen LogP contribution in [-0.2, 0) is 0 Å². The monoisotopic (exact) mass is 361 g/mol. The third-order valence-electron chi connectivity index (χ3n) is 3.26. The SMILES string of the molecule is COc1ccc(NC(=O)Nc2nc3ccc(F)cc3s2)cc1C(=O)O. The number of anilines is 2. The Hall–Kier alpha value is -3.20. The Balaban J connectivity index is 1.75. The third kappa shape index (κ3) is 3.66. The zero-order valence-electron chi connectivity index (χ0n) is 12.9. The summed E-state index contributed by atoms with van der Waals surface area (Å²) in [5.41, 5.74) is 0.776. The molecule has 0 saturated heterocycles. The molecule has 0 atom stereocenters. The number of rotatable bonds is 4. The van der Waals surface area contributed by atoms with Crippen LogP contribution in [0.15, 0.2) is 36.4 Å². The summed E-state index contributed by atoms with van der Waals surface area (Å²) >= 11 is 1.13. The van der Waals surface area contributed by atoms with E-state index in [-0.39, 0.29) is 22.8 Å². The fourth-order valence-corrected chi connectivity index (χ4v) is 3.05. The van der Waals surface area contributed by atoms with E-state index >= 15 is 0 Å². The van der Waals surface area contributed by atoms with Gasteiger partial charge >= 0.3 is 12.0 Å². The maximum Gasteiger partial charge on any atom is 0.339 e. The summed E-state index contributed by atoms with van der Waals surface area (Å²) in [5, 5.41) is 14.5. The quantitative estimate of drug-likeness (QED) is 0.656. The van der Waals surface area contributed by atoms with Crippen molar-refractivity contribution in [2.24, 2.45) is 0 Å². The van der Waals surface area contributed by atoms with Crippen molar-refractivity contribution < 1.29 is 23.8 Å². The molecule has 25 heavy (non-hydrogen) atoms. The zero-order valence-corrected chi connectivity index (χ0v) is 13.7. The Labute approximate surface area is 145 Å². The molecule has 0 radical (unpaired) electrons. The number of aromatic carboxylic acids is 1. The Bertz CT molecular complexity index is 973. The van der Waals surface area contributed by atoms with Gasteiger partial charge in [-0.15, -0.1) is 0 Å². The molecule has 0 fully saturated rings. The van der Waals surface area contributed by atoms with Crippen LogP contribution in [0.3, 0.4) is 0 Å². The number of nitrogens with one attached hydrogen (secondary N) is 2. The fourth-order valence-electron chi connectivity index (χ4n) is 2.16. The van der Waals surface area contributed by atoms with Gasteiger partial charge < -0.3 is 15.2 Å². The van der Waals surface area contributed by atoms with E-state index < -0.39 is 12.0 Å². The highest BCUT2D eigenvalue weighted by atomic mass is 32.1.